The minimum Gasteiger partial charge on any atom is -0.399 e. The van der Waals surface area contributed by atoms with Crippen LogP contribution in [0.5, 0.6) is 0 Å². The molecule has 3 rings (SSSR count). The van der Waals surface area contributed by atoms with E-state index in [4.69, 9.17) is 4.84 Å². The predicted octanol–water partition coefficient (Wildman–Crippen LogP) is 5.07. The molecule has 0 saturated heterocycles. The maximum absolute atomic E-state index is 12.6. The Labute approximate surface area is 165 Å². The van der Waals surface area contributed by atoms with Gasteiger partial charge in [0.1, 0.15) is 7.11 Å². The Morgan fingerprint density at radius 3 is 2.61 bits per heavy atom. The van der Waals surface area contributed by atoms with Crippen LogP contribution in [-0.2, 0) is 16.8 Å². The maximum atomic E-state index is 12.6. The van der Waals surface area contributed by atoms with Crippen molar-refractivity contribution < 1.29 is 9.63 Å². The molecule has 0 aliphatic heterocycles. The SMILES string of the molecule is CO/N=C/Cc1cccc(C(C)(C)NC(=O)Nc2ccc3ccccc3c2)c1. The van der Waals surface area contributed by atoms with Gasteiger partial charge < -0.3 is 15.5 Å². The van der Waals surface area contributed by atoms with E-state index < -0.39 is 5.54 Å². The molecule has 3 aromatic carbocycles. The highest BCUT2D eigenvalue weighted by atomic mass is 16.6. The van der Waals surface area contributed by atoms with Crippen LogP contribution in [0.2, 0.25) is 0 Å². The Morgan fingerprint density at radius 1 is 1.04 bits per heavy atom. The van der Waals surface area contributed by atoms with E-state index in [9.17, 15) is 4.79 Å². The largest absolute Gasteiger partial charge is 0.399 e. The van der Waals surface area contributed by atoms with Crippen LogP contribution in [0.4, 0.5) is 10.5 Å². The number of amides is 2. The minimum absolute atomic E-state index is 0.244. The summed E-state index contributed by atoms with van der Waals surface area (Å²) in [6.45, 7) is 3.96. The Hall–Kier alpha value is -3.34. The third-order valence-electron chi connectivity index (χ3n) is 4.59. The lowest BCUT2D eigenvalue weighted by molar-refractivity contribution is 0.215. The monoisotopic (exact) mass is 375 g/mol. The number of carbonyl (C=O) groups excluding carboxylic acids is 1. The first kappa shape index (κ1) is 19.4. The van der Waals surface area contributed by atoms with Gasteiger partial charge in [0.15, 0.2) is 0 Å². The van der Waals surface area contributed by atoms with Crippen LogP contribution in [0, 0.1) is 0 Å². The number of carbonyl (C=O) groups is 1. The van der Waals surface area contributed by atoms with Crippen LogP contribution in [-0.4, -0.2) is 19.4 Å². The minimum atomic E-state index is -0.532. The van der Waals surface area contributed by atoms with Gasteiger partial charge in [-0.3, -0.25) is 0 Å². The fraction of sp³-hybridized carbons (Fsp3) is 0.217. The Morgan fingerprint density at radius 2 is 1.82 bits per heavy atom. The van der Waals surface area contributed by atoms with E-state index in [1.54, 1.807) is 6.21 Å². The van der Waals surface area contributed by atoms with Crippen LogP contribution in [0.25, 0.3) is 10.8 Å². The van der Waals surface area contributed by atoms with Gasteiger partial charge in [-0.25, -0.2) is 4.79 Å². The number of oxime groups is 1. The maximum Gasteiger partial charge on any atom is 0.319 e. The van der Waals surface area contributed by atoms with Crippen LogP contribution in [0.1, 0.15) is 25.0 Å². The molecule has 0 unspecified atom stereocenters. The van der Waals surface area contributed by atoms with Crippen molar-refractivity contribution in [1.82, 2.24) is 5.32 Å². The highest BCUT2D eigenvalue weighted by Crippen LogP contribution is 2.22. The van der Waals surface area contributed by atoms with Crippen molar-refractivity contribution in [3.05, 3.63) is 77.9 Å². The Balaban J connectivity index is 1.69. The summed E-state index contributed by atoms with van der Waals surface area (Å²) in [6.07, 6.45) is 2.38. The normalized spacial score (nSPS) is 11.5. The summed E-state index contributed by atoms with van der Waals surface area (Å²) in [4.78, 5) is 17.3. The predicted molar refractivity (Wildman–Crippen MR) is 115 cm³/mol. The quantitative estimate of drug-likeness (QED) is 0.467. The molecule has 144 valence electrons. The number of hydrogen-bond acceptors (Lipinski definition) is 3. The number of benzene rings is 3. The van der Waals surface area contributed by atoms with Crippen LogP contribution in [0.15, 0.2) is 71.9 Å². The van der Waals surface area contributed by atoms with Crippen molar-refractivity contribution in [3.8, 4) is 0 Å². The van der Waals surface area contributed by atoms with E-state index in [2.05, 4.69) is 21.9 Å². The summed E-state index contributed by atoms with van der Waals surface area (Å²) >= 11 is 0. The van der Waals surface area contributed by atoms with Crippen LogP contribution in [0.3, 0.4) is 0 Å². The lowest BCUT2D eigenvalue weighted by Crippen LogP contribution is -2.43. The standard InChI is InChI=1S/C23H25N3O2/c1-23(2,20-10-6-7-17(15-20)13-14-24-28-3)26-22(27)25-21-12-11-18-8-4-5-9-19(18)16-21/h4-12,14-16H,13H2,1-3H3,(H2,25,26,27)/b24-14+. The number of urea groups is 1. The zero-order valence-corrected chi connectivity index (χ0v) is 16.4. The van der Waals surface area contributed by atoms with Crippen molar-refractivity contribution in [3.63, 3.8) is 0 Å². The molecule has 5 heteroatoms. The average Bonchev–Trinajstić information content (AvgIpc) is 2.68. The van der Waals surface area contributed by atoms with E-state index in [1.807, 2.05) is 74.5 Å². The molecule has 0 spiro atoms. The molecule has 0 heterocycles. The molecule has 0 radical (unpaired) electrons. The molecule has 0 fully saturated rings. The highest BCUT2D eigenvalue weighted by Gasteiger charge is 2.23. The summed E-state index contributed by atoms with van der Waals surface area (Å²) in [5.41, 5.74) is 2.35. The zero-order valence-electron chi connectivity index (χ0n) is 16.4. The van der Waals surface area contributed by atoms with Crippen molar-refractivity contribution in [2.45, 2.75) is 25.8 Å². The number of anilines is 1. The van der Waals surface area contributed by atoms with Crippen molar-refractivity contribution in [1.29, 1.82) is 0 Å². The molecule has 0 atom stereocenters. The third-order valence-corrected chi connectivity index (χ3v) is 4.59. The number of nitrogens with zero attached hydrogens (tertiary/aromatic N) is 1. The fourth-order valence-electron chi connectivity index (χ4n) is 3.09. The van der Waals surface area contributed by atoms with E-state index >= 15 is 0 Å². The molecule has 28 heavy (non-hydrogen) atoms. The molecule has 0 aromatic heterocycles. The summed E-state index contributed by atoms with van der Waals surface area (Å²) < 4.78 is 0. The molecule has 2 N–H and O–H groups in total. The first-order valence-electron chi connectivity index (χ1n) is 9.20. The topological polar surface area (TPSA) is 62.7 Å². The Bertz CT molecular complexity index is 996. The summed E-state index contributed by atoms with van der Waals surface area (Å²) in [6, 6.07) is 21.8. The van der Waals surface area contributed by atoms with Crippen LogP contribution >= 0.6 is 0 Å². The smallest absolute Gasteiger partial charge is 0.319 e. The molecular weight excluding hydrogens is 350 g/mol. The van der Waals surface area contributed by atoms with Gasteiger partial charge in [0.05, 0.1) is 5.54 Å². The van der Waals surface area contributed by atoms with Crippen LogP contribution < -0.4 is 10.6 Å². The molecule has 5 nitrogen and oxygen atoms in total. The first-order chi connectivity index (χ1) is 13.5. The van der Waals surface area contributed by atoms with E-state index in [0.29, 0.717) is 6.42 Å². The van der Waals surface area contributed by atoms with E-state index in [-0.39, 0.29) is 6.03 Å². The fourth-order valence-corrected chi connectivity index (χ4v) is 3.09. The summed E-state index contributed by atoms with van der Waals surface area (Å²) in [5.74, 6) is 0. The lowest BCUT2D eigenvalue weighted by Gasteiger charge is -2.27. The van der Waals surface area contributed by atoms with Gasteiger partial charge in [0.2, 0.25) is 0 Å². The first-order valence-corrected chi connectivity index (χ1v) is 9.20. The second-order valence-electron chi connectivity index (χ2n) is 7.14. The highest BCUT2D eigenvalue weighted by molar-refractivity contribution is 5.93. The van der Waals surface area contributed by atoms with E-state index in [1.165, 1.54) is 7.11 Å². The van der Waals surface area contributed by atoms with Gasteiger partial charge in [-0.15, -0.1) is 0 Å². The lowest BCUT2D eigenvalue weighted by atomic mass is 9.92. The molecule has 0 bridgehead atoms. The molecule has 0 aliphatic carbocycles. The third kappa shape index (κ3) is 4.88. The van der Waals surface area contributed by atoms with Crippen molar-refractivity contribution in [2.24, 2.45) is 5.16 Å². The second kappa shape index (κ2) is 8.57. The molecule has 2 amide bonds. The number of nitrogens with one attached hydrogen (secondary N) is 2. The van der Waals surface area contributed by atoms with Gasteiger partial charge in [-0.1, -0.05) is 59.8 Å². The molecule has 0 aliphatic rings. The average molecular weight is 375 g/mol. The zero-order chi connectivity index (χ0) is 20.0. The van der Waals surface area contributed by atoms with E-state index in [0.717, 1.165) is 27.6 Å². The summed E-state index contributed by atoms with van der Waals surface area (Å²) in [7, 11) is 1.52. The molecular formula is C23H25N3O2. The van der Waals surface area contributed by atoms with Gasteiger partial charge in [-0.2, -0.15) is 0 Å². The van der Waals surface area contributed by atoms with Gasteiger partial charge in [0.25, 0.3) is 0 Å². The molecule has 3 aromatic rings. The van der Waals surface area contributed by atoms with Gasteiger partial charge >= 0.3 is 6.03 Å². The number of hydrogen-bond donors (Lipinski definition) is 2. The number of fused-ring (bicyclic) bond motifs is 1. The summed E-state index contributed by atoms with van der Waals surface area (Å²) in [5, 5.41) is 12.0. The second-order valence-corrected chi connectivity index (χ2v) is 7.14. The van der Waals surface area contributed by atoms with Crippen molar-refractivity contribution >= 4 is 28.7 Å². The van der Waals surface area contributed by atoms with Gasteiger partial charge in [-0.05, 0) is 47.9 Å². The van der Waals surface area contributed by atoms with Gasteiger partial charge in [0, 0.05) is 18.3 Å². The van der Waals surface area contributed by atoms with Crippen molar-refractivity contribution in [2.75, 3.05) is 12.4 Å². The Kier molecular flexibility index (Phi) is 5.94. The molecule has 0 saturated carbocycles. The number of rotatable bonds is 6.